The van der Waals surface area contributed by atoms with Crippen LogP contribution in [0, 0.1) is 0 Å². The second-order valence-electron chi connectivity index (χ2n) is 6.58. The number of β-amino-alcohol motifs (C(OH)–C–C–N with tert-alkyl or cyclic N) is 1. The monoisotopic (exact) mass is 345 g/mol. The molecule has 1 aromatic heterocycles. The Kier molecular flexibility index (Phi) is 4.50. The molecule has 1 aromatic carbocycles. The Bertz CT molecular complexity index is 733. The van der Waals surface area contributed by atoms with E-state index >= 15 is 0 Å². The zero-order chi connectivity index (χ0) is 17.2. The smallest absolute Gasteiger partial charge is 0.231 e. The molecule has 0 bridgehead atoms. The van der Waals surface area contributed by atoms with Gasteiger partial charge in [0.2, 0.25) is 6.79 Å². The van der Waals surface area contributed by atoms with Gasteiger partial charge in [-0.2, -0.15) is 5.10 Å². The summed E-state index contributed by atoms with van der Waals surface area (Å²) in [6.07, 6.45) is 5.65. The summed E-state index contributed by atoms with van der Waals surface area (Å²) in [6, 6.07) is 5.77. The van der Waals surface area contributed by atoms with Crippen molar-refractivity contribution in [1.29, 1.82) is 0 Å². The summed E-state index contributed by atoms with van der Waals surface area (Å²) in [6.45, 7) is 2.06. The minimum absolute atomic E-state index is 0.242. The quantitative estimate of drug-likeness (QED) is 0.860. The topological polar surface area (TPSA) is 69.0 Å². The van der Waals surface area contributed by atoms with Crippen molar-refractivity contribution >= 4 is 0 Å². The normalized spacial score (nSPS) is 20.8. The Hall–Kier alpha value is -2.25. The highest BCUT2D eigenvalue weighted by atomic mass is 16.7. The molecule has 2 aromatic rings. The van der Waals surface area contributed by atoms with Crippen LogP contribution in [-0.2, 0) is 7.05 Å². The van der Waals surface area contributed by atoms with E-state index in [2.05, 4.69) is 16.2 Å². The van der Waals surface area contributed by atoms with Crippen molar-refractivity contribution in [2.45, 2.75) is 25.0 Å². The van der Waals surface area contributed by atoms with E-state index in [4.69, 9.17) is 14.2 Å². The third-order valence-corrected chi connectivity index (χ3v) is 4.70. The van der Waals surface area contributed by atoms with Crippen LogP contribution in [0.1, 0.15) is 24.4 Å². The number of hydrogen-bond acceptors (Lipinski definition) is 6. The van der Waals surface area contributed by atoms with Gasteiger partial charge in [0, 0.05) is 37.5 Å². The Morgan fingerprint density at radius 3 is 3.08 bits per heavy atom. The molecule has 2 aliphatic rings. The summed E-state index contributed by atoms with van der Waals surface area (Å²) in [4.78, 5) is 2.31. The lowest BCUT2D eigenvalue weighted by Gasteiger charge is -2.26. The Morgan fingerprint density at radius 2 is 2.24 bits per heavy atom. The maximum Gasteiger partial charge on any atom is 0.231 e. The van der Waals surface area contributed by atoms with Crippen LogP contribution in [0.2, 0.25) is 0 Å². The lowest BCUT2D eigenvalue weighted by Crippen LogP contribution is -2.35. The van der Waals surface area contributed by atoms with Gasteiger partial charge in [-0.15, -0.1) is 0 Å². The summed E-state index contributed by atoms with van der Waals surface area (Å²) in [5.74, 6) is 2.08. The van der Waals surface area contributed by atoms with Gasteiger partial charge in [-0.1, -0.05) is 0 Å². The van der Waals surface area contributed by atoms with Crippen molar-refractivity contribution < 1.29 is 19.3 Å². The van der Waals surface area contributed by atoms with E-state index in [1.807, 2.05) is 30.1 Å². The van der Waals surface area contributed by atoms with E-state index in [1.165, 1.54) is 5.56 Å². The summed E-state index contributed by atoms with van der Waals surface area (Å²) in [5.41, 5.74) is 1.21. The first-order valence-electron chi connectivity index (χ1n) is 8.62. The number of likely N-dealkylation sites (tertiary alicyclic amines) is 1. The average molecular weight is 345 g/mol. The van der Waals surface area contributed by atoms with Gasteiger partial charge < -0.3 is 19.3 Å². The number of aliphatic hydroxyl groups is 1. The molecule has 0 unspecified atom stereocenters. The zero-order valence-electron chi connectivity index (χ0n) is 14.3. The first-order valence-corrected chi connectivity index (χ1v) is 8.62. The maximum absolute atomic E-state index is 10.4. The zero-order valence-corrected chi connectivity index (χ0v) is 14.3. The molecule has 7 heteroatoms. The molecule has 3 heterocycles. The number of aryl methyl sites for hydroxylation is 1. The number of aromatic nitrogens is 2. The fourth-order valence-corrected chi connectivity index (χ4v) is 3.52. The molecule has 0 aliphatic carbocycles. The Labute approximate surface area is 146 Å². The molecule has 0 spiro atoms. The van der Waals surface area contributed by atoms with Crippen molar-refractivity contribution in [1.82, 2.24) is 14.7 Å². The van der Waals surface area contributed by atoms with Gasteiger partial charge in [-0.25, -0.2) is 0 Å². The summed E-state index contributed by atoms with van der Waals surface area (Å²) in [5, 5.41) is 14.7. The molecule has 134 valence electrons. The Balaban J connectivity index is 1.31. The van der Waals surface area contributed by atoms with Gasteiger partial charge in [-0.3, -0.25) is 9.58 Å². The van der Waals surface area contributed by atoms with E-state index in [-0.39, 0.29) is 13.4 Å². The minimum Gasteiger partial charge on any atom is -0.491 e. The lowest BCUT2D eigenvalue weighted by atomic mass is 10.1. The molecular formula is C18H23N3O4. The molecule has 1 saturated heterocycles. The molecule has 2 atom stereocenters. The van der Waals surface area contributed by atoms with Crippen LogP contribution < -0.4 is 14.2 Å². The fourth-order valence-electron chi connectivity index (χ4n) is 3.52. The molecule has 0 amide bonds. The lowest BCUT2D eigenvalue weighted by molar-refractivity contribution is 0.0637. The molecule has 0 radical (unpaired) electrons. The molecule has 25 heavy (non-hydrogen) atoms. The minimum atomic E-state index is -0.553. The van der Waals surface area contributed by atoms with Gasteiger partial charge in [0.15, 0.2) is 11.5 Å². The van der Waals surface area contributed by atoms with Crippen molar-refractivity contribution in [3.63, 3.8) is 0 Å². The number of nitrogens with zero attached hydrogens (tertiary/aromatic N) is 3. The van der Waals surface area contributed by atoms with Gasteiger partial charge in [0.05, 0.1) is 6.20 Å². The predicted octanol–water partition coefficient (Wildman–Crippen LogP) is 1.73. The van der Waals surface area contributed by atoms with E-state index in [9.17, 15) is 5.11 Å². The standard InChI is InChI=1S/C18H23N3O4/c1-20-9-13(8-19-20)16-3-2-6-21(16)10-14(22)11-23-15-4-5-17-18(7-15)25-12-24-17/h4-5,7-9,14,16,22H,2-3,6,10-12H2,1H3/t14-,16+/m0/s1. The summed E-state index contributed by atoms with van der Waals surface area (Å²) in [7, 11) is 1.93. The summed E-state index contributed by atoms with van der Waals surface area (Å²) >= 11 is 0. The SMILES string of the molecule is Cn1cc([C@H]2CCCN2C[C@H](O)COc2ccc3c(c2)OCO3)cn1. The number of benzene rings is 1. The number of ether oxygens (including phenoxy) is 3. The Morgan fingerprint density at radius 1 is 1.36 bits per heavy atom. The van der Waals surface area contributed by atoms with E-state index < -0.39 is 6.10 Å². The fraction of sp³-hybridized carbons (Fsp3) is 0.500. The highest BCUT2D eigenvalue weighted by molar-refractivity contribution is 5.46. The third-order valence-electron chi connectivity index (χ3n) is 4.70. The highest BCUT2D eigenvalue weighted by Crippen LogP contribution is 2.35. The highest BCUT2D eigenvalue weighted by Gasteiger charge is 2.28. The van der Waals surface area contributed by atoms with Gasteiger partial charge in [0.1, 0.15) is 18.5 Å². The van der Waals surface area contributed by atoms with Crippen LogP contribution in [0.25, 0.3) is 0 Å². The van der Waals surface area contributed by atoms with Crippen LogP contribution in [-0.4, -0.2) is 52.4 Å². The van der Waals surface area contributed by atoms with Crippen molar-refractivity contribution in [2.24, 2.45) is 7.05 Å². The summed E-state index contributed by atoms with van der Waals surface area (Å²) < 4.78 is 18.2. The van der Waals surface area contributed by atoms with Crippen LogP contribution in [0.4, 0.5) is 0 Å². The molecule has 1 fully saturated rings. The van der Waals surface area contributed by atoms with Crippen LogP contribution in [0.5, 0.6) is 17.2 Å². The largest absolute Gasteiger partial charge is 0.491 e. The average Bonchev–Trinajstić information content (AvgIpc) is 3.32. The number of rotatable bonds is 6. The van der Waals surface area contributed by atoms with E-state index in [1.54, 1.807) is 6.07 Å². The molecule has 0 saturated carbocycles. The van der Waals surface area contributed by atoms with Crippen LogP contribution in [0.15, 0.2) is 30.6 Å². The first-order chi connectivity index (χ1) is 12.2. The van der Waals surface area contributed by atoms with Gasteiger partial charge >= 0.3 is 0 Å². The third kappa shape index (κ3) is 3.57. The maximum atomic E-state index is 10.4. The molecule has 7 nitrogen and oxygen atoms in total. The second-order valence-corrected chi connectivity index (χ2v) is 6.58. The number of aliphatic hydroxyl groups excluding tert-OH is 1. The van der Waals surface area contributed by atoms with Crippen molar-refractivity contribution in [3.8, 4) is 17.2 Å². The second kappa shape index (κ2) is 6.93. The van der Waals surface area contributed by atoms with Crippen molar-refractivity contribution in [2.75, 3.05) is 26.5 Å². The predicted molar refractivity (Wildman–Crippen MR) is 90.8 cm³/mol. The molecular weight excluding hydrogens is 322 g/mol. The van der Waals surface area contributed by atoms with E-state index in [0.717, 1.165) is 25.1 Å². The number of fused-ring (bicyclic) bond motifs is 1. The number of hydrogen-bond donors (Lipinski definition) is 1. The van der Waals surface area contributed by atoms with Crippen molar-refractivity contribution in [3.05, 3.63) is 36.2 Å². The molecule has 1 N–H and O–H groups in total. The first kappa shape index (κ1) is 16.2. The van der Waals surface area contributed by atoms with Gasteiger partial charge in [0.25, 0.3) is 0 Å². The van der Waals surface area contributed by atoms with E-state index in [0.29, 0.717) is 24.1 Å². The van der Waals surface area contributed by atoms with Crippen LogP contribution >= 0.6 is 0 Å². The van der Waals surface area contributed by atoms with Crippen LogP contribution in [0.3, 0.4) is 0 Å². The van der Waals surface area contributed by atoms with Gasteiger partial charge in [-0.05, 0) is 31.5 Å². The molecule has 4 rings (SSSR count). The molecule has 2 aliphatic heterocycles.